The molecule has 0 spiro atoms. The molecule has 1 saturated heterocycles. The van der Waals surface area contributed by atoms with Gasteiger partial charge in [0.15, 0.2) is 0 Å². The molecule has 7 nitrogen and oxygen atoms in total. The Bertz CT molecular complexity index is 497. The second kappa shape index (κ2) is 5.23. The van der Waals surface area contributed by atoms with Gasteiger partial charge in [0.2, 0.25) is 0 Å². The number of carbonyl (C=O) groups excluding carboxylic acids is 1. The number of hydrogen-bond acceptors (Lipinski definition) is 5. The van der Waals surface area contributed by atoms with Gasteiger partial charge in [0.25, 0.3) is 5.91 Å². The van der Waals surface area contributed by atoms with Gasteiger partial charge in [-0.05, 0) is 6.07 Å². The van der Waals surface area contributed by atoms with E-state index in [1.54, 1.807) is 0 Å². The minimum Gasteiger partial charge on any atom is -0.506 e. The molecule has 0 aromatic carbocycles. The molecule has 0 bridgehead atoms. The average molecular weight is 266 g/mol. The van der Waals surface area contributed by atoms with E-state index < -0.39 is 17.4 Å². The largest absolute Gasteiger partial charge is 0.506 e. The third-order valence-electron chi connectivity index (χ3n) is 3.09. The third kappa shape index (κ3) is 2.82. The zero-order valence-corrected chi connectivity index (χ0v) is 10.1. The number of aliphatic carboxylic acids is 1. The van der Waals surface area contributed by atoms with Crippen molar-refractivity contribution in [2.45, 2.75) is 18.4 Å². The van der Waals surface area contributed by atoms with Crippen LogP contribution in [0.1, 0.15) is 23.2 Å². The summed E-state index contributed by atoms with van der Waals surface area (Å²) in [6.07, 6.45) is 2.88. The van der Waals surface area contributed by atoms with Crippen molar-refractivity contribution in [1.29, 1.82) is 0 Å². The first-order valence-electron chi connectivity index (χ1n) is 5.81. The smallest absolute Gasteiger partial charge is 0.329 e. The molecule has 0 saturated carbocycles. The number of ether oxygens (including phenoxy) is 1. The Labute approximate surface area is 109 Å². The zero-order valence-electron chi connectivity index (χ0n) is 10.1. The SMILES string of the molecule is O=C(NC1(C(=O)O)CCOCC1)c1cncc(O)c1. The Balaban J connectivity index is 2.18. The first-order valence-corrected chi connectivity index (χ1v) is 5.81. The van der Waals surface area contributed by atoms with Crippen molar-refractivity contribution in [1.82, 2.24) is 10.3 Å². The molecule has 0 atom stereocenters. The highest BCUT2D eigenvalue weighted by atomic mass is 16.5. The minimum atomic E-state index is -1.32. The number of nitrogens with one attached hydrogen (secondary N) is 1. The maximum atomic E-state index is 12.0. The summed E-state index contributed by atoms with van der Waals surface area (Å²) < 4.78 is 5.11. The fraction of sp³-hybridized carbons (Fsp3) is 0.417. The fourth-order valence-electron chi connectivity index (χ4n) is 1.95. The number of aromatic hydroxyl groups is 1. The number of hydrogen-bond donors (Lipinski definition) is 3. The molecule has 19 heavy (non-hydrogen) atoms. The Morgan fingerprint density at radius 1 is 1.32 bits per heavy atom. The maximum absolute atomic E-state index is 12.0. The first kappa shape index (κ1) is 13.3. The Morgan fingerprint density at radius 2 is 2.00 bits per heavy atom. The van der Waals surface area contributed by atoms with E-state index in [0.717, 1.165) is 0 Å². The highest BCUT2D eigenvalue weighted by Gasteiger charge is 2.41. The second-order valence-corrected chi connectivity index (χ2v) is 4.39. The number of pyridine rings is 1. The predicted octanol–water partition coefficient (Wildman–Crippen LogP) is 0.151. The molecular formula is C12H14N2O5. The van der Waals surface area contributed by atoms with E-state index in [9.17, 15) is 19.8 Å². The summed E-state index contributed by atoms with van der Waals surface area (Å²) in [4.78, 5) is 27.1. The molecule has 0 aliphatic carbocycles. The van der Waals surface area contributed by atoms with Crippen molar-refractivity contribution in [3.8, 4) is 5.75 Å². The third-order valence-corrected chi connectivity index (χ3v) is 3.09. The molecular weight excluding hydrogens is 252 g/mol. The molecule has 2 heterocycles. The molecule has 1 aliphatic heterocycles. The highest BCUT2D eigenvalue weighted by Crippen LogP contribution is 2.22. The lowest BCUT2D eigenvalue weighted by molar-refractivity contribution is -0.148. The van der Waals surface area contributed by atoms with Crippen molar-refractivity contribution >= 4 is 11.9 Å². The number of carboxylic acid groups (broad SMARTS) is 1. The highest BCUT2D eigenvalue weighted by molar-refractivity contribution is 5.97. The van der Waals surface area contributed by atoms with Crippen LogP contribution < -0.4 is 5.32 Å². The molecule has 2 rings (SSSR count). The van der Waals surface area contributed by atoms with Crippen LogP contribution in [0.3, 0.4) is 0 Å². The summed E-state index contributed by atoms with van der Waals surface area (Å²) in [7, 11) is 0. The summed E-state index contributed by atoms with van der Waals surface area (Å²) in [5.74, 6) is -1.81. The molecule has 1 aromatic heterocycles. The van der Waals surface area contributed by atoms with Gasteiger partial charge in [0.05, 0.1) is 11.8 Å². The summed E-state index contributed by atoms with van der Waals surface area (Å²) in [5.41, 5.74) is -1.20. The van der Waals surface area contributed by atoms with Crippen molar-refractivity contribution in [3.63, 3.8) is 0 Å². The minimum absolute atomic E-state index is 0.118. The lowest BCUT2D eigenvalue weighted by Crippen LogP contribution is -2.57. The van der Waals surface area contributed by atoms with E-state index in [-0.39, 0.29) is 37.4 Å². The van der Waals surface area contributed by atoms with E-state index in [2.05, 4.69) is 10.3 Å². The summed E-state index contributed by atoms with van der Waals surface area (Å²) in [6, 6.07) is 1.23. The van der Waals surface area contributed by atoms with Crippen LogP contribution in [-0.4, -0.2) is 45.8 Å². The number of nitrogens with zero attached hydrogens (tertiary/aromatic N) is 1. The van der Waals surface area contributed by atoms with Crippen LogP contribution in [0, 0.1) is 0 Å². The van der Waals surface area contributed by atoms with Gasteiger partial charge in [-0.15, -0.1) is 0 Å². The van der Waals surface area contributed by atoms with Crippen molar-refractivity contribution in [2.75, 3.05) is 13.2 Å². The molecule has 1 fully saturated rings. The van der Waals surface area contributed by atoms with Crippen molar-refractivity contribution in [2.24, 2.45) is 0 Å². The van der Waals surface area contributed by atoms with Crippen LogP contribution in [-0.2, 0) is 9.53 Å². The van der Waals surface area contributed by atoms with Gasteiger partial charge in [0.1, 0.15) is 11.3 Å². The lowest BCUT2D eigenvalue weighted by atomic mass is 9.90. The summed E-state index contributed by atoms with van der Waals surface area (Å²) in [6.45, 7) is 0.565. The number of rotatable bonds is 3. The molecule has 1 amide bonds. The Morgan fingerprint density at radius 3 is 2.58 bits per heavy atom. The lowest BCUT2D eigenvalue weighted by Gasteiger charge is -2.33. The summed E-state index contributed by atoms with van der Waals surface area (Å²) in [5, 5.41) is 21.1. The molecule has 102 valence electrons. The molecule has 7 heteroatoms. The van der Waals surface area contributed by atoms with Gasteiger partial charge in [-0.25, -0.2) is 4.79 Å². The first-order chi connectivity index (χ1) is 9.03. The quantitative estimate of drug-likeness (QED) is 0.718. The average Bonchev–Trinajstić information content (AvgIpc) is 2.39. The monoisotopic (exact) mass is 266 g/mol. The Hall–Kier alpha value is -2.15. The van der Waals surface area contributed by atoms with E-state index in [4.69, 9.17) is 4.74 Å². The number of carbonyl (C=O) groups is 2. The van der Waals surface area contributed by atoms with Gasteiger partial charge in [0, 0.05) is 32.3 Å². The molecule has 0 radical (unpaired) electrons. The molecule has 0 unspecified atom stereocenters. The Kier molecular flexibility index (Phi) is 3.66. The van der Waals surface area contributed by atoms with Gasteiger partial charge in [-0.2, -0.15) is 0 Å². The number of aromatic nitrogens is 1. The topological polar surface area (TPSA) is 109 Å². The second-order valence-electron chi connectivity index (χ2n) is 4.39. The van der Waals surface area contributed by atoms with Crippen LogP contribution in [0.25, 0.3) is 0 Å². The number of carboxylic acids is 1. The molecule has 3 N–H and O–H groups in total. The van der Waals surface area contributed by atoms with E-state index in [1.807, 2.05) is 0 Å². The predicted molar refractivity (Wildman–Crippen MR) is 63.8 cm³/mol. The van der Waals surface area contributed by atoms with Crippen molar-refractivity contribution < 1.29 is 24.5 Å². The molecule has 1 aliphatic rings. The standard InChI is InChI=1S/C12H14N2O5/c15-9-5-8(6-13-7-9)10(16)14-12(11(17)18)1-3-19-4-2-12/h5-7,15H,1-4H2,(H,14,16)(H,17,18). The molecule has 1 aromatic rings. The van der Waals surface area contributed by atoms with Gasteiger partial charge in [-0.3, -0.25) is 9.78 Å². The van der Waals surface area contributed by atoms with Crippen LogP contribution in [0.2, 0.25) is 0 Å². The number of amides is 1. The van der Waals surface area contributed by atoms with E-state index in [1.165, 1.54) is 18.5 Å². The van der Waals surface area contributed by atoms with E-state index >= 15 is 0 Å². The van der Waals surface area contributed by atoms with E-state index in [0.29, 0.717) is 0 Å². The van der Waals surface area contributed by atoms with Crippen molar-refractivity contribution in [3.05, 3.63) is 24.0 Å². The van der Waals surface area contributed by atoms with Gasteiger partial charge < -0.3 is 20.3 Å². The van der Waals surface area contributed by atoms with Gasteiger partial charge >= 0.3 is 5.97 Å². The maximum Gasteiger partial charge on any atom is 0.329 e. The van der Waals surface area contributed by atoms with Gasteiger partial charge in [-0.1, -0.05) is 0 Å². The van der Waals surface area contributed by atoms with Crippen LogP contribution >= 0.6 is 0 Å². The summed E-state index contributed by atoms with van der Waals surface area (Å²) >= 11 is 0. The normalized spacial score (nSPS) is 17.7. The zero-order chi connectivity index (χ0) is 13.9. The van der Waals surface area contributed by atoms with Crippen LogP contribution in [0.4, 0.5) is 0 Å². The fourth-order valence-corrected chi connectivity index (χ4v) is 1.95. The van der Waals surface area contributed by atoms with Crippen LogP contribution in [0.15, 0.2) is 18.5 Å². The van der Waals surface area contributed by atoms with Crippen LogP contribution in [0.5, 0.6) is 5.75 Å².